The third-order valence-corrected chi connectivity index (χ3v) is 3.62. The molecule has 24 heavy (non-hydrogen) atoms. The second-order valence-corrected chi connectivity index (χ2v) is 5.47. The minimum absolute atomic E-state index is 0.193. The monoisotopic (exact) mass is 327 g/mol. The number of carbonyl (C=O) groups excluding carboxylic acids is 2. The zero-order valence-electron chi connectivity index (χ0n) is 13.5. The zero-order chi connectivity index (χ0) is 17.5. The molecule has 0 aromatic heterocycles. The largest absolute Gasteiger partial charge is 0.467 e. The van der Waals surface area contributed by atoms with E-state index in [1.807, 2.05) is 30.3 Å². The molecular weight excluding hydrogens is 306 g/mol. The van der Waals surface area contributed by atoms with Crippen molar-refractivity contribution in [1.29, 1.82) is 0 Å². The number of amides is 1. The number of nitrogens with two attached hydrogens (primary N) is 2. The van der Waals surface area contributed by atoms with Gasteiger partial charge in [0.25, 0.3) is 0 Å². The van der Waals surface area contributed by atoms with Crippen molar-refractivity contribution in [2.24, 2.45) is 0 Å². The first-order chi connectivity index (χ1) is 11.5. The van der Waals surface area contributed by atoms with Gasteiger partial charge in [-0.15, -0.1) is 0 Å². The van der Waals surface area contributed by atoms with Crippen LogP contribution < -0.4 is 16.8 Å². The molecule has 0 fully saturated rings. The Bertz CT molecular complexity index is 717. The molecule has 0 aliphatic carbocycles. The van der Waals surface area contributed by atoms with Gasteiger partial charge in [0.15, 0.2) is 0 Å². The molecule has 126 valence electrons. The van der Waals surface area contributed by atoms with Crippen LogP contribution in [0.25, 0.3) is 0 Å². The first-order valence-corrected chi connectivity index (χ1v) is 7.54. The number of benzene rings is 2. The van der Waals surface area contributed by atoms with Gasteiger partial charge in [-0.05, 0) is 23.3 Å². The number of rotatable bonds is 6. The summed E-state index contributed by atoms with van der Waals surface area (Å²) < 4.78 is 4.78. The number of hydrogen-bond acceptors (Lipinski definition) is 5. The second-order valence-electron chi connectivity index (χ2n) is 5.47. The molecule has 0 spiro atoms. The third kappa shape index (κ3) is 4.74. The van der Waals surface area contributed by atoms with Crippen molar-refractivity contribution >= 4 is 23.3 Å². The van der Waals surface area contributed by atoms with Crippen LogP contribution in [-0.4, -0.2) is 25.0 Å². The standard InChI is InChI=1S/C18H21N3O3/c1-24-18(23)16(10-13-7-8-14(19)15(20)9-13)21-17(22)11-12-5-3-2-4-6-12/h2-9,16H,10-11,19-20H2,1H3,(H,21,22)/t16-/m1/s1. The lowest BCUT2D eigenvalue weighted by Crippen LogP contribution is -2.43. The molecule has 0 unspecified atom stereocenters. The van der Waals surface area contributed by atoms with Gasteiger partial charge in [-0.3, -0.25) is 4.79 Å². The van der Waals surface area contributed by atoms with Crippen LogP contribution >= 0.6 is 0 Å². The highest BCUT2D eigenvalue weighted by atomic mass is 16.5. The van der Waals surface area contributed by atoms with Crippen molar-refractivity contribution in [3.8, 4) is 0 Å². The molecule has 0 bridgehead atoms. The van der Waals surface area contributed by atoms with Crippen LogP contribution in [0.4, 0.5) is 11.4 Å². The fraction of sp³-hybridized carbons (Fsp3) is 0.222. The number of ether oxygens (including phenoxy) is 1. The Morgan fingerprint density at radius 2 is 1.75 bits per heavy atom. The van der Waals surface area contributed by atoms with E-state index in [2.05, 4.69) is 5.32 Å². The third-order valence-electron chi connectivity index (χ3n) is 3.62. The summed E-state index contributed by atoms with van der Waals surface area (Å²) in [7, 11) is 1.29. The Labute approximate surface area is 140 Å². The van der Waals surface area contributed by atoms with Crippen molar-refractivity contribution < 1.29 is 14.3 Å². The molecule has 2 aromatic carbocycles. The lowest BCUT2D eigenvalue weighted by atomic mass is 10.0. The molecular formula is C18H21N3O3. The maximum atomic E-state index is 12.2. The molecule has 2 aromatic rings. The molecule has 5 N–H and O–H groups in total. The fourth-order valence-corrected chi connectivity index (χ4v) is 2.35. The molecule has 0 saturated carbocycles. The smallest absolute Gasteiger partial charge is 0.328 e. The molecule has 6 heteroatoms. The van der Waals surface area contributed by atoms with Gasteiger partial charge in [-0.2, -0.15) is 0 Å². The summed E-state index contributed by atoms with van der Waals surface area (Å²) in [5, 5.41) is 2.71. The predicted octanol–water partition coefficient (Wildman–Crippen LogP) is 1.29. The van der Waals surface area contributed by atoms with Crippen LogP contribution in [0.1, 0.15) is 11.1 Å². The first-order valence-electron chi connectivity index (χ1n) is 7.54. The summed E-state index contributed by atoms with van der Waals surface area (Å²) in [5.41, 5.74) is 14.0. The van der Waals surface area contributed by atoms with Gasteiger partial charge >= 0.3 is 5.97 Å². The van der Waals surface area contributed by atoms with Crippen LogP contribution in [-0.2, 0) is 27.2 Å². The predicted molar refractivity (Wildman–Crippen MR) is 93.1 cm³/mol. The highest BCUT2D eigenvalue weighted by Crippen LogP contribution is 2.17. The normalized spacial score (nSPS) is 11.5. The van der Waals surface area contributed by atoms with Crippen LogP contribution in [0, 0.1) is 0 Å². The van der Waals surface area contributed by atoms with E-state index in [4.69, 9.17) is 16.2 Å². The molecule has 2 rings (SSSR count). The first kappa shape index (κ1) is 17.3. The van der Waals surface area contributed by atoms with Gasteiger partial charge in [0.1, 0.15) is 6.04 Å². The Morgan fingerprint density at radius 1 is 1.04 bits per heavy atom. The second kappa shape index (κ2) is 8.01. The highest BCUT2D eigenvalue weighted by Gasteiger charge is 2.22. The molecule has 1 amide bonds. The molecule has 0 heterocycles. The summed E-state index contributed by atoms with van der Waals surface area (Å²) in [5.74, 6) is -0.758. The van der Waals surface area contributed by atoms with E-state index >= 15 is 0 Å². The molecule has 0 saturated heterocycles. The lowest BCUT2D eigenvalue weighted by molar-refractivity contribution is -0.145. The van der Waals surface area contributed by atoms with Gasteiger partial charge in [0.05, 0.1) is 24.9 Å². The Kier molecular flexibility index (Phi) is 5.78. The van der Waals surface area contributed by atoms with Gasteiger partial charge in [0, 0.05) is 6.42 Å². The van der Waals surface area contributed by atoms with Crippen LogP contribution in [0.2, 0.25) is 0 Å². The Hall–Kier alpha value is -3.02. The van der Waals surface area contributed by atoms with Gasteiger partial charge in [0.2, 0.25) is 5.91 Å². The topological polar surface area (TPSA) is 107 Å². The summed E-state index contributed by atoms with van der Waals surface area (Å²) >= 11 is 0. The maximum absolute atomic E-state index is 12.2. The van der Waals surface area contributed by atoms with Crippen LogP contribution in [0.5, 0.6) is 0 Å². The van der Waals surface area contributed by atoms with E-state index in [1.54, 1.807) is 18.2 Å². The van der Waals surface area contributed by atoms with Crippen LogP contribution in [0.3, 0.4) is 0 Å². The number of methoxy groups -OCH3 is 1. The summed E-state index contributed by atoms with van der Waals surface area (Å²) in [6, 6.07) is 13.7. The van der Waals surface area contributed by atoms with Crippen molar-refractivity contribution in [2.45, 2.75) is 18.9 Å². The van der Waals surface area contributed by atoms with E-state index in [-0.39, 0.29) is 18.7 Å². The van der Waals surface area contributed by atoms with Gasteiger partial charge in [-0.25, -0.2) is 4.79 Å². The van der Waals surface area contributed by atoms with Crippen molar-refractivity contribution in [3.05, 3.63) is 59.7 Å². The minimum atomic E-state index is -0.783. The summed E-state index contributed by atoms with van der Waals surface area (Å²) in [6.07, 6.45) is 0.468. The van der Waals surface area contributed by atoms with Crippen molar-refractivity contribution in [1.82, 2.24) is 5.32 Å². The number of carbonyl (C=O) groups is 2. The number of anilines is 2. The molecule has 6 nitrogen and oxygen atoms in total. The maximum Gasteiger partial charge on any atom is 0.328 e. The minimum Gasteiger partial charge on any atom is -0.467 e. The quantitative estimate of drug-likeness (QED) is 0.547. The van der Waals surface area contributed by atoms with E-state index in [0.717, 1.165) is 11.1 Å². The number of nitrogen functional groups attached to an aromatic ring is 2. The van der Waals surface area contributed by atoms with E-state index in [1.165, 1.54) is 7.11 Å². The molecule has 0 radical (unpaired) electrons. The molecule has 1 atom stereocenters. The summed E-state index contributed by atoms with van der Waals surface area (Å²) in [4.78, 5) is 24.2. The lowest BCUT2D eigenvalue weighted by Gasteiger charge is -2.17. The van der Waals surface area contributed by atoms with Crippen molar-refractivity contribution in [2.75, 3.05) is 18.6 Å². The number of hydrogen-bond donors (Lipinski definition) is 3. The number of esters is 1. The average molecular weight is 327 g/mol. The SMILES string of the molecule is COC(=O)[C@@H](Cc1ccc(N)c(N)c1)NC(=O)Cc1ccccc1. The Balaban J connectivity index is 2.06. The fourth-order valence-electron chi connectivity index (χ4n) is 2.35. The number of nitrogens with one attached hydrogen (secondary N) is 1. The zero-order valence-corrected chi connectivity index (χ0v) is 13.5. The van der Waals surface area contributed by atoms with E-state index in [9.17, 15) is 9.59 Å². The van der Waals surface area contributed by atoms with E-state index < -0.39 is 12.0 Å². The van der Waals surface area contributed by atoms with Crippen molar-refractivity contribution in [3.63, 3.8) is 0 Å². The highest BCUT2D eigenvalue weighted by molar-refractivity contribution is 5.85. The average Bonchev–Trinajstić information content (AvgIpc) is 2.57. The van der Waals surface area contributed by atoms with E-state index in [0.29, 0.717) is 11.4 Å². The molecule has 0 aliphatic rings. The van der Waals surface area contributed by atoms with Crippen LogP contribution in [0.15, 0.2) is 48.5 Å². The Morgan fingerprint density at radius 3 is 2.38 bits per heavy atom. The summed E-state index contributed by atoms with van der Waals surface area (Å²) in [6.45, 7) is 0. The van der Waals surface area contributed by atoms with Gasteiger partial charge in [-0.1, -0.05) is 36.4 Å². The molecule has 0 aliphatic heterocycles. The van der Waals surface area contributed by atoms with Gasteiger partial charge < -0.3 is 21.5 Å².